The number of carbonyl (C=O) groups is 1. The van der Waals surface area contributed by atoms with Crippen LogP contribution in [0.4, 0.5) is 0 Å². The summed E-state index contributed by atoms with van der Waals surface area (Å²) in [5, 5.41) is 0. The van der Waals surface area contributed by atoms with Gasteiger partial charge in [-0.05, 0) is 11.1 Å². The van der Waals surface area contributed by atoms with E-state index in [1.807, 2.05) is 24.3 Å². The molecule has 1 atom stereocenters. The Morgan fingerprint density at radius 2 is 2.06 bits per heavy atom. The maximum Gasteiger partial charge on any atom is 0.307 e. The number of benzene rings is 1. The molecule has 1 rings (SSSR count). The normalized spacial score (nSPS) is 12.2. The summed E-state index contributed by atoms with van der Waals surface area (Å²) in [6, 6.07) is 7.31. The molecule has 0 saturated heterocycles. The number of esters is 1. The molecule has 0 aliphatic heterocycles. The molecule has 0 fully saturated rings. The van der Waals surface area contributed by atoms with Crippen LogP contribution >= 0.6 is 0 Å². The first-order chi connectivity index (χ1) is 7.69. The molecule has 16 heavy (non-hydrogen) atoms. The number of rotatable bonds is 5. The van der Waals surface area contributed by atoms with Gasteiger partial charge >= 0.3 is 5.97 Å². The SMILES string of the molecule is COCc1ccccc1[C@@H](N)CC(=O)OC. The summed E-state index contributed by atoms with van der Waals surface area (Å²) < 4.78 is 9.67. The Balaban J connectivity index is 2.81. The predicted octanol–water partition coefficient (Wildman–Crippen LogP) is 1.40. The van der Waals surface area contributed by atoms with E-state index in [1.165, 1.54) is 7.11 Å². The third-order valence-electron chi connectivity index (χ3n) is 2.37. The second-order valence-electron chi connectivity index (χ2n) is 3.52. The van der Waals surface area contributed by atoms with E-state index in [4.69, 9.17) is 10.5 Å². The number of hydrogen-bond acceptors (Lipinski definition) is 4. The van der Waals surface area contributed by atoms with Gasteiger partial charge in [-0.25, -0.2) is 0 Å². The van der Waals surface area contributed by atoms with Crippen LogP contribution in [0.2, 0.25) is 0 Å². The zero-order valence-electron chi connectivity index (χ0n) is 9.60. The minimum atomic E-state index is -0.348. The topological polar surface area (TPSA) is 61.5 Å². The van der Waals surface area contributed by atoms with E-state index in [2.05, 4.69) is 4.74 Å². The second-order valence-corrected chi connectivity index (χ2v) is 3.52. The number of nitrogens with two attached hydrogens (primary N) is 1. The summed E-state index contributed by atoms with van der Waals surface area (Å²) in [5.74, 6) is -0.306. The lowest BCUT2D eigenvalue weighted by molar-refractivity contribution is -0.141. The average Bonchev–Trinajstić information content (AvgIpc) is 2.30. The van der Waals surface area contributed by atoms with Gasteiger partial charge in [0.05, 0.1) is 20.1 Å². The first-order valence-corrected chi connectivity index (χ1v) is 5.08. The molecule has 0 heterocycles. The van der Waals surface area contributed by atoms with Crippen molar-refractivity contribution in [3.63, 3.8) is 0 Å². The predicted molar refractivity (Wildman–Crippen MR) is 60.7 cm³/mol. The molecule has 0 unspecified atom stereocenters. The van der Waals surface area contributed by atoms with E-state index in [9.17, 15) is 4.79 Å². The van der Waals surface area contributed by atoms with Crippen LogP contribution in [-0.4, -0.2) is 20.2 Å². The van der Waals surface area contributed by atoms with Crippen LogP contribution in [0.15, 0.2) is 24.3 Å². The summed E-state index contributed by atoms with van der Waals surface area (Å²) in [4.78, 5) is 11.1. The summed E-state index contributed by atoms with van der Waals surface area (Å²) in [7, 11) is 2.98. The molecular formula is C12H17NO3. The molecule has 4 heteroatoms. The van der Waals surface area contributed by atoms with Gasteiger partial charge in [0.1, 0.15) is 0 Å². The third-order valence-corrected chi connectivity index (χ3v) is 2.37. The molecule has 0 radical (unpaired) electrons. The van der Waals surface area contributed by atoms with Crippen molar-refractivity contribution in [2.75, 3.05) is 14.2 Å². The van der Waals surface area contributed by atoms with E-state index in [-0.39, 0.29) is 18.4 Å². The van der Waals surface area contributed by atoms with Gasteiger partial charge in [0.15, 0.2) is 0 Å². The Morgan fingerprint density at radius 1 is 1.38 bits per heavy atom. The lowest BCUT2D eigenvalue weighted by atomic mass is 9.99. The summed E-state index contributed by atoms with van der Waals surface area (Å²) in [6.45, 7) is 0.491. The largest absolute Gasteiger partial charge is 0.469 e. The Kier molecular flexibility index (Phi) is 4.95. The quantitative estimate of drug-likeness (QED) is 0.766. The molecule has 1 aromatic carbocycles. The van der Waals surface area contributed by atoms with Crippen LogP contribution in [-0.2, 0) is 20.9 Å². The van der Waals surface area contributed by atoms with Gasteiger partial charge in [0, 0.05) is 13.2 Å². The van der Waals surface area contributed by atoms with Crippen molar-refractivity contribution in [2.24, 2.45) is 5.73 Å². The van der Waals surface area contributed by atoms with Crippen molar-refractivity contribution in [3.05, 3.63) is 35.4 Å². The average molecular weight is 223 g/mol. The highest BCUT2D eigenvalue weighted by atomic mass is 16.5. The molecule has 1 aromatic rings. The molecule has 0 saturated carbocycles. The van der Waals surface area contributed by atoms with Crippen molar-refractivity contribution in [1.29, 1.82) is 0 Å². The van der Waals surface area contributed by atoms with Crippen molar-refractivity contribution < 1.29 is 14.3 Å². The number of carbonyl (C=O) groups excluding carboxylic acids is 1. The van der Waals surface area contributed by atoms with Crippen LogP contribution in [0, 0.1) is 0 Å². The highest BCUT2D eigenvalue weighted by Crippen LogP contribution is 2.19. The summed E-state index contributed by atoms with van der Waals surface area (Å²) in [6.07, 6.45) is 0.178. The highest BCUT2D eigenvalue weighted by Gasteiger charge is 2.14. The van der Waals surface area contributed by atoms with Crippen LogP contribution in [0.5, 0.6) is 0 Å². The van der Waals surface area contributed by atoms with Gasteiger partial charge in [0.2, 0.25) is 0 Å². The maximum atomic E-state index is 11.1. The summed E-state index contributed by atoms with van der Waals surface area (Å²) >= 11 is 0. The second kappa shape index (κ2) is 6.25. The molecule has 0 amide bonds. The molecular weight excluding hydrogens is 206 g/mol. The third kappa shape index (κ3) is 3.32. The van der Waals surface area contributed by atoms with Gasteiger partial charge in [-0.3, -0.25) is 4.79 Å². The molecule has 0 aliphatic carbocycles. The first-order valence-electron chi connectivity index (χ1n) is 5.08. The zero-order valence-corrected chi connectivity index (χ0v) is 9.60. The monoisotopic (exact) mass is 223 g/mol. The molecule has 4 nitrogen and oxygen atoms in total. The van der Waals surface area contributed by atoms with Gasteiger partial charge < -0.3 is 15.2 Å². The number of hydrogen-bond donors (Lipinski definition) is 1. The van der Waals surface area contributed by atoms with E-state index < -0.39 is 0 Å². The van der Waals surface area contributed by atoms with E-state index in [0.717, 1.165) is 11.1 Å². The molecule has 2 N–H and O–H groups in total. The van der Waals surface area contributed by atoms with Gasteiger partial charge in [0.25, 0.3) is 0 Å². The van der Waals surface area contributed by atoms with Crippen LogP contribution < -0.4 is 5.73 Å². The number of methoxy groups -OCH3 is 2. The lowest BCUT2D eigenvalue weighted by Crippen LogP contribution is -2.18. The molecule has 88 valence electrons. The Labute approximate surface area is 95.3 Å². The van der Waals surface area contributed by atoms with E-state index in [1.54, 1.807) is 7.11 Å². The first kappa shape index (κ1) is 12.7. The van der Waals surface area contributed by atoms with Crippen molar-refractivity contribution in [2.45, 2.75) is 19.1 Å². The Bertz CT molecular complexity index is 352. The fourth-order valence-corrected chi connectivity index (χ4v) is 1.56. The lowest BCUT2D eigenvalue weighted by Gasteiger charge is -2.14. The minimum Gasteiger partial charge on any atom is -0.469 e. The smallest absolute Gasteiger partial charge is 0.307 e. The Morgan fingerprint density at radius 3 is 2.69 bits per heavy atom. The molecule has 0 aromatic heterocycles. The van der Waals surface area contributed by atoms with Crippen molar-refractivity contribution >= 4 is 5.97 Å². The molecule has 0 bridgehead atoms. The van der Waals surface area contributed by atoms with Gasteiger partial charge in [-0.1, -0.05) is 24.3 Å². The maximum absolute atomic E-state index is 11.1. The van der Waals surface area contributed by atoms with Crippen molar-refractivity contribution in [3.8, 4) is 0 Å². The fraction of sp³-hybridized carbons (Fsp3) is 0.417. The van der Waals surface area contributed by atoms with Crippen LogP contribution in [0.1, 0.15) is 23.6 Å². The van der Waals surface area contributed by atoms with Gasteiger partial charge in [-0.15, -0.1) is 0 Å². The highest BCUT2D eigenvalue weighted by molar-refractivity contribution is 5.70. The van der Waals surface area contributed by atoms with E-state index in [0.29, 0.717) is 6.61 Å². The zero-order chi connectivity index (χ0) is 12.0. The van der Waals surface area contributed by atoms with E-state index >= 15 is 0 Å². The number of ether oxygens (including phenoxy) is 2. The van der Waals surface area contributed by atoms with Crippen molar-refractivity contribution in [1.82, 2.24) is 0 Å². The molecule has 0 aliphatic rings. The molecule has 0 spiro atoms. The Hall–Kier alpha value is -1.39. The van der Waals surface area contributed by atoms with Crippen LogP contribution in [0.25, 0.3) is 0 Å². The van der Waals surface area contributed by atoms with Gasteiger partial charge in [-0.2, -0.15) is 0 Å². The summed E-state index contributed by atoms with van der Waals surface area (Å²) in [5.41, 5.74) is 7.87. The fourth-order valence-electron chi connectivity index (χ4n) is 1.56. The minimum absolute atomic E-state index is 0.178. The standard InChI is InChI=1S/C12H17NO3/c1-15-8-9-5-3-4-6-10(9)11(13)7-12(14)16-2/h3-6,11H,7-8,13H2,1-2H3/t11-/m0/s1. The van der Waals surface area contributed by atoms with Crippen LogP contribution in [0.3, 0.4) is 0 Å².